The zero-order valence-electron chi connectivity index (χ0n) is 9.90. The van der Waals surface area contributed by atoms with Gasteiger partial charge in [-0.15, -0.1) is 11.6 Å². The molecule has 1 heterocycles. The highest BCUT2D eigenvalue weighted by Gasteiger charge is 2.28. The zero-order chi connectivity index (χ0) is 13.1. The first-order valence-electron chi connectivity index (χ1n) is 5.99. The van der Waals surface area contributed by atoms with Crippen LogP contribution < -0.4 is 0 Å². The Kier molecular flexibility index (Phi) is 4.36. The van der Waals surface area contributed by atoms with Gasteiger partial charge in [0, 0.05) is 23.5 Å². The summed E-state index contributed by atoms with van der Waals surface area (Å²) in [5.41, 5.74) is 0.288. The van der Waals surface area contributed by atoms with Crippen molar-refractivity contribution >= 4 is 29.1 Å². The summed E-state index contributed by atoms with van der Waals surface area (Å²) in [7, 11) is 0. The van der Waals surface area contributed by atoms with Gasteiger partial charge in [-0.1, -0.05) is 11.6 Å². The topological polar surface area (TPSA) is 40.5 Å². The van der Waals surface area contributed by atoms with E-state index in [-0.39, 0.29) is 23.3 Å². The highest BCUT2D eigenvalue weighted by Crippen LogP contribution is 2.26. The van der Waals surface area contributed by atoms with Gasteiger partial charge in [0.15, 0.2) is 0 Å². The molecule has 1 aromatic rings. The van der Waals surface area contributed by atoms with E-state index in [0.717, 1.165) is 19.3 Å². The number of likely N-dealkylation sites (tertiary alicyclic amines) is 1. The number of carbonyl (C=O) groups excluding carboxylic acids is 1. The first-order chi connectivity index (χ1) is 8.63. The second-order valence-corrected chi connectivity index (χ2v) is 5.21. The van der Waals surface area contributed by atoms with Crippen LogP contribution in [0, 0.1) is 0 Å². The summed E-state index contributed by atoms with van der Waals surface area (Å²) >= 11 is 11.7. The Morgan fingerprint density at radius 2 is 2.22 bits per heavy atom. The van der Waals surface area contributed by atoms with E-state index in [9.17, 15) is 9.90 Å². The lowest BCUT2D eigenvalue weighted by Crippen LogP contribution is -2.44. The molecule has 1 fully saturated rings. The Labute approximate surface area is 116 Å². The maximum atomic E-state index is 12.4. The van der Waals surface area contributed by atoms with Crippen molar-refractivity contribution in [3.05, 3.63) is 28.8 Å². The van der Waals surface area contributed by atoms with E-state index < -0.39 is 0 Å². The fourth-order valence-corrected chi connectivity index (χ4v) is 2.76. The van der Waals surface area contributed by atoms with Crippen LogP contribution in [0.15, 0.2) is 18.2 Å². The van der Waals surface area contributed by atoms with E-state index in [1.54, 1.807) is 17.0 Å². The molecule has 1 aliphatic rings. The van der Waals surface area contributed by atoms with Gasteiger partial charge in [0.1, 0.15) is 5.75 Å². The van der Waals surface area contributed by atoms with E-state index in [1.807, 2.05) is 0 Å². The summed E-state index contributed by atoms with van der Waals surface area (Å²) in [5.74, 6) is 0.181. The summed E-state index contributed by atoms with van der Waals surface area (Å²) in [6, 6.07) is 4.60. The Morgan fingerprint density at radius 1 is 1.44 bits per heavy atom. The molecule has 3 nitrogen and oxygen atoms in total. The zero-order valence-corrected chi connectivity index (χ0v) is 11.4. The van der Waals surface area contributed by atoms with Gasteiger partial charge in [0.05, 0.1) is 5.56 Å². The highest BCUT2D eigenvalue weighted by molar-refractivity contribution is 6.30. The lowest BCUT2D eigenvalue weighted by molar-refractivity contribution is 0.0636. The third-order valence-corrected chi connectivity index (χ3v) is 3.85. The first kappa shape index (κ1) is 13.5. The van der Waals surface area contributed by atoms with Gasteiger partial charge in [0.2, 0.25) is 0 Å². The molecule has 1 amide bonds. The van der Waals surface area contributed by atoms with E-state index in [0.29, 0.717) is 17.4 Å². The molecule has 1 atom stereocenters. The summed E-state index contributed by atoms with van der Waals surface area (Å²) < 4.78 is 0. The van der Waals surface area contributed by atoms with Gasteiger partial charge in [-0.2, -0.15) is 0 Å². The van der Waals surface area contributed by atoms with Gasteiger partial charge < -0.3 is 10.0 Å². The fourth-order valence-electron chi connectivity index (χ4n) is 2.27. The van der Waals surface area contributed by atoms with Gasteiger partial charge >= 0.3 is 0 Å². The lowest BCUT2D eigenvalue weighted by Gasteiger charge is -2.34. The number of alkyl halides is 1. The molecular weight excluding hydrogens is 273 g/mol. The van der Waals surface area contributed by atoms with Gasteiger partial charge in [-0.05, 0) is 37.5 Å². The summed E-state index contributed by atoms with van der Waals surface area (Å²) in [4.78, 5) is 14.1. The van der Waals surface area contributed by atoms with Crippen LogP contribution in [0.25, 0.3) is 0 Å². The third-order valence-electron chi connectivity index (χ3n) is 3.26. The van der Waals surface area contributed by atoms with Crippen LogP contribution in [0.2, 0.25) is 5.02 Å². The summed E-state index contributed by atoms with van der Waals surface area (Å²) in [6.07, 6.45) is 2.99. The maximum Gasteiger partial charge on any atom is 0.257 e. The average Bonchev–Trinajstić information content (AvgIpc) is 2.38. The maximum absolute atomic E-state index is 12.4. The first-order valence-corrected chi connectivity index (χ1v) is 6.90. The number of aromatic hydroxyl groups is 1. The largest absolute Gasteiger partial charge is 0.507 e. The van der Waals surface area contributed by atoms with Crippen LogP contribution in [0.1, 0.15) is 29.6 Å². The molecule has 1 aliphatic heterocycles. The number of nitrogens with zero attached hydrogens (tertiary/aromatic N) is 1. The molecule has 0 bridgehead atoms. The number of amides is 1. The van der Waals surface area contributed by atoms with Crippen LogP contribution in [-0.4, -0.2) is 34.4 Å². The number of carbonyl (C=O) groups is 1. The quantitative estimate of drug-likeness (QED) is 0.848. The van der Waals surface area contributed by atoms with Crippen molar-refractivity contribution in [2.24, 2.45) is 0 Å². The number of phenols is 1. The van der Waals surface area contributed by atoms with Crippen LogP contribution in [0.3, 0.4) is 0 Å². The van der Waals surface area contributed by atoms with Crippen molar-refractivity contribution in [3.63, 3.8) is 0 Å². The number of rotatable bonds is 2. The van der Waals surface area contributed by atoms with Crippen LogP contribution in [0.4, 0.5) is 0 Å². The molecule has 0 aromatic heterocycles. The summed E-state index contributed by atoms with van der Waals surface area (Å²) in [5, 5.41) is 10.2. The molecular formula is C13H15Cl2NO2. The fraction of sp³-hybridized carbons (Fsp3) is 0.462. The second kappa shape index (κ2) is 5.81. The predicted octanol–water partition coefficient (Wildman–Crippen LogP) is 3.28. The number of hydrogen-bond donors (Lipinski definition) is 1. The van der Waals surface area contributed by atoms with Crippen molar-refractivity contribution in [3.8, 4) is 5.75 Å². The molecule has 1 saturated heterocycles. The van der Waals surface area contributed by atoms with Crippen molar-refractivity contribution in [1.82, 2.24) is 4.90 Å². The minimum atomic E-state index is -0.172. The number of piperidine rings is 1. The third kappa shape index (κ3) is 2.73. The molecule has 0 aliphatic carbocycles. The van der Waals surface area contributed by atoms with Crippen LogP contribution in [0.5, 0.6) is 5.75 Å². The molecule has 5 heteroatoms. The second-order valence-electron chi connectivity index (χ2n) is 4.46. The molecule has 0 saturated carbocycles. The minimum Gasteiger partial charge on any atom is -0.507 e. The smallest absolute Gasteiger partial charge is 0.257 e. The average molecular weight is 288 g/mol. The molecule has 1 unspecified atom stereocenters. The molecule has 1 N–H and O–H groups in total. The number of hydrogen-bond acceptors (Lipinski definition) is 2. The highest BCUT2D eigenvalue weighted by atomic mass is 35.5. The SMILES string of the molecule is O=C(c1ccc(Cl)cc1O)N1CCCCC1CCl. The molecule has 1 aromatic carbocycles. The van der Waals surface area contributed by atoms with Crippen molar-refractivity contribution in [1.29, 1.82) is 0 Å². The lowest BCUT2D eigenvalue weighted by atomic mass is 10.0. The van der Waals surface area contributed by atoms with Gasteiger partial charge in [-0.25, -0.2) is 0 Å². The van der Waals surface area contributed by atoms with E-state index in [2.05, 4.69) is 0 Å². The van der Waals surface area contributed by atoms with Crippen LogP contribution >= 0.6 is 23.2 Å². The minimum absolute atomic E-state index is 0.0583. The van der Waals surface area contributed by atoms with Crippen molar-refractivity contribution in [2.45, 2.75) is 25.3 Å². The number of phenolic OH excluding ortho intramolecular Hbond substituents is 1. The molecule has 0 radical (unpaired) electrons. The number of halogens is 2. The van der Waals surface area contributed by atoms with Gasteiger partial charge in [-0.3, -0.25) is 4.79 Å². The Hall–Kier alpha value is -0.930. The van der Waals surface area contributed by atoms with E-state index >= 15 is 0 Å². The van der Waals surface area contributed by atoms with Crippen LogP contribution in [-0.2, 0) is 0 Å². The van der Waals surface area contributed by atoms with Crippen molar-refractivity contribution < 1.29 is 9.90 Å². The summed E-state index contributed by atoms with van der Waals surface area (Å²) in [6.45, 7) is 0.693. The van der Waals surface area contributed by atoms with E-state index in [4.69, 9.17) is 23.2 Å². The molecule has 2 rings (SSSR count). The predicted molar refractivity (Wildman–Crippen MR) is 72.5 cm³/mol. The normalized spacial score (nSPS) is 19.9. The Balaban J connectivity index is 2.24. The Bertz CT molecular complexity index is 451. The molecule has 18 heavy (non-hydrogen) atoms. The number of benzene rings is 1. The van der Waals surface area contributed by atoms with Gasteiger partial charge in [0.25, 0.3) is 5.91 Å². The monoisotopic (exact) mass is 287 g/mol. The van der Waals surface area contributed by atoms with Crippen molar-refractivity contribution in [2.75, 3.05) is 12.4 Å². The standard InChI is InChI=1S/C13H15Cl2NO2/c14-8-10-3-1-2-6-16(10)13(18)11-5-4-9(15)7-12(11)17/h4-5,7,10,17H,1-3,6,8H2. The van der Waals surface area contributed by atoms with E-state index in [1.165, 1.54) is 6.07 Å². The molecule has 0 spiro atoms. The molecule has 98 valence electrons. The Morgan fingerprint density at radius 3 is 2.89 bits per heavy atom.